The molecule has 1 aliphatic rings. The molecule has 436 valence electrons. The van der Waals surface area contributed by atoms with Crippen LogP contribution >= 0.6 is 0 Å². The van der Waals surface area contributed by atoms with Gasteiger partial charge in [-0.2, -0.15) is 0 Å². The van der Waals surface area contributed by atoms with Crippen molar-refractivity contribution in [2.75, 3.05) is 196 Å². The first-order valence-corrected chi connectivity index (χ1v) is 29.2. The third-order valence-corrected chi connectivity index (χ3v) is 14.1. The number of nitrogens with zero attached hydrogens (tertiary/aromatic N) is 1. The quantitative estimate of drug-likeness (QED) is 0.0544. The van der Waals surface area contributed by atoms with Crippen LogP contribution in [0.4, 0.5) is 5.69 Å². The number of amides is 3. The Balaban J connectivity index is 0.942. The van der Waals surface area contributed by atoms with Crippen LogP contribution in [0.5, 0.6) is 0 Å². The van der Waals surface area contributed by atoms with Crippen LogP contribution in [0.25, 0.3) is 0 Å². The van der Waals surface area contributed by atoms with Crippen LogP contribution in [0.15, 0.2) is 48.5 Å². The van der Waals surface area contributed by atoms with E-state index in [1.54, 1.807) is 4.90 Å². The van der Waals surface area contributed by atoms with Crippen LogP contribution in [0.1, 0.15) is 63.1 Å². The molecule has 77 heavy (non-hydrogen) atoms. The molecule has 2 aromatic carbocycles. The van der Waals surface area contributed by atoms with Crippen molar-refractivity contribution in [3.8, 4) is 11.8 Å². The summed E-state index contributed by atoms with van der Waals surface area (Å²) in [7, 11) is -2.69. The molecule has 22 heteroatoms. The summed E-state index contributed by atoms with van der Waals surface area (Å²) >= 11 is 0. The van der Waals surface area contributed by atoms with Crippen molar-refractivity contribution >= 4 is 32.2 Å². The topological polar surface area (TPSA) is 217 Å². The molecule has 0 fully saturated rings. The first-order valence-electron chi connectivity index (χ1n) is 27.3. The summed E-state index contributed by atoms with van der Waals surface area (Å²) in [6, 6.07) is 16.0. The molecule has 2 N–H and O–H groups in total. The number of benzene rings is 2. The summed E-state index contributed by atoms with van der Waals surface area (Å²) in [5, 5.41) is 5.73. The summed E-state index contributed by atoms with van der Waals surface area (Å²) in [4.78, 5) is 39.6. The number of carbonyl (C=O) groups excluding carboxylic acids is 3. The zero-order chi connectivity index (χ0) is 55.0. The molecule has 0 atom stereocenters. The Morgan fingerprint density at radius 1 is 0.442 bits per heavy atom. The van der Waals surface area contributed by atoms with Gasteiger partial charge in [0.25, 0.3) is 0 Å². The van der Waals surface area contributed by atoms with E-state index < -0.39 is 8.80 Å². The average molecular weight is 1110 g/mol. The minimum Gasteiger partial charge on any atom is -0.379 e. The molecular weight excluding hydrogens is 1020 g/mol. The number of ether oxygens (including phenoxy) is 12. The minimum atomic E-state index is -2.69. The van der Waals surface area contributed by atoms with Crippen LogP contribution in [0.3, 0.4) is 0 Å². The van der Waals surface area contributed by atoms with Gasteiger partial charge in [0, 0.05) is 69.3 Å². The number of hydrogen-bond donors (Lipinski definition) is 2. The average Bonchev–Trinajstić information content (AvgIpc) is 3.43. The lowest BCUT2D eigenvalue weighted by molar-refractivity contribution is -0.125. The fourth-order valence-electron chi connectivity index (χ4n) is 7.22. The number of nitrogens with one attached hydrogen (secondary N) is 2. The smallest absolute Gasteiger partial charge is 0.379 e. The van der Waals surface area contributed by atoms with Gasteiger partial charge in [-0.25, -0.2) is 0 Å². The van der Waals surface area contributed by atoms with E-state index in [0.29, 0.717) is 204 Å². The largest absolute Gasteiger partial charge is 0.500 e. The fourth-order valence-corrected chi connectivity index (χ4v) is 9.83. The second-order valence-electron chi connectivity index (χ2n) is 16.8. The number of para-hydroxylation sites is 1. The van der Waals surface area contributed by atoms with Crippen molar-refractivity contribution in [3.63, 3.8) is 0 Å². The molecule has 21 nitrogen and oxygen atoms in total. The number of anilines is 1. The van der Waals surface area contributed by atoms with Crippen LogP contribution in [-0.4, -0.2) is 218 Å². The standard InChI is InChI=1S/C55H89N3O18Si/c1-4-74-77(75-5-2,76-6-3)47-11-21-56-54(60)20-23-62-25-27-64-29-31-66-33-35-68-37-39-70-41-43-72-45-46-73-44-42-71-40-38-69-36-34-67-32-30-65-28-26-63-24-22-57-53(59)18-19-55(61)58-48-51-14-8-7-12-49(51)16-17-50-13-9-10-15-52(50)58/h7-10,12-15H,4-6,11,18-48H2,1-3H3,(H,56,60)(H,57,59). The van der Waals surface area contributed by atoms with E-state index in [4.69, 9.17) is 70.1 Å². The number of hydrogen-bond acceptors (Lipinski definition) is 18. The van der Waals surface area contributed by atoms with Crippen LogP contribution in [0, 0.1) is 11.8 Å². The van der Waals surface area contributed by atoms with E-state index in [9.17, 15) is 14.4 Å². The van der Waals surface area contributed by atoms with E-state index in [0.717, 1.165) is 28.8 Å². The molecule has 0 bridgehead atoms. The Morgan fingerprint density at radius 3 is 1.26 bits per heavy atom. The van der Waals surface area contributed by atoms with Crippen LogP contribution in [0.2, 0.25) is 6.04 Å². The molecular formula is C55H89N3O18Si. The SMILES string of the molecule is CCO[Si](CCCNC(=O)CCOCCOCCOCCOCCOCCOCCOCCOCCOCCOCCOCCOCCNC(=O)CCC(=O)N1Cc2ccccc2C#Cc2ccccc21)(OCC)OCC. The molecule has 0 aromatic heterocycles. The van der Waals surface area contributed by atoms with Crippen molar-refractivity contribution < 1.29 is 84.5 Å². The fraction of sp³-hybridized carbons (Fsp3) is 0.691. The van der Waals surface area contributed by atoms with Crippen LogP contribution < -0.4 is 15.5 Å². The second-order valence-corrected chi connectivity index (χ2v) is 19.5. The third kappa shape index (κ3) is 33.9. The lowest BCUT2D eigenvalue weighted by atomic mass is 10.0. The Hall–Kier alpha value is -3.97. The van der Waals surface area contributed by atoms with Gasteiger partial charge in [-0.1, -0.05) is 42.2 Å². The van der Waals surface area contributed by atoms with Gasteiger partial charge in [-0.05, 0) is 51.0 Å². The summed E-state index contributed by atoms with van der Waals surface area (Å²) in [5.41, 5.74) is 3.39. The zero-order valence-corrected chi connectivity index (χ0v) is 47.2. The van der Waals surface area contributed by atoms with Crippen molar-refractivity contribution in [2.45, 2.75) is 59.0 Å². The highest BCUT2D eigenvalue weighted by Gasteiger charge is 2.39. The van der Waals surface area contributed by atoms with Crippen molar-refractivity contribution in [3.05, 3.63) is 65.2 Å². The van der Waals surface area contributed by atoms with Crippen LogP contribution in [-0.2, 0) is 91.0 Å². The van der Waals surface area contributed by atoms with Gasteiger partial charge in [0.2, 0.25) is 17.7 Å². The van der Waals surface area contributed by atoms with E-state index >= 15 is 0 Å². The predicted octanol–water partition coefficient (Wildman–Crippen LogP) is 3.97. The van der Waals surface area contributed by atoms with Gasteiger partial charge in [0.1, 0.15) is 0 Å². The van der Waals surface area contributed by atoms with Gasteiger partial charge in [-0.15, -0.1) is 0 Å². The highest BCUT2D eigenvalue weighted by atomic mass is 28.4. The van der Waals surface area contributed by atoms with Crippen molar-refractivity contribution in [1.82, 2.24) is 10.6 Å². The molecule has 3 amide bonds. The number of fused-ring (bicyclic) bond motifs is 2. The molecule has 0 saturated heterocycles. The van der Waals surface area contributed by atoms with E-state index in [2.05, 4.69) is 22.5 Å². The van der Waals surface area contributed by atoms with Gasteiger partial charge >= 0.3 is 8.80 Å². The summed E-state index contributed by atoms with van der Waals surface area (Å²) in [5.74, 6) is 6.01. The highest BCUT2D eigenvalue weighted by Crippen LogP contribution is 2.26. The lowest BCUT2D eigenvalue weighted by Gasteiger charge is -2.28. The maximum atomic E-state index is 13.3. The molecule has 1 heterocycles. The Kier molecular flexibility index (Phi) is 41.0. The second kappa shape index (κ2) is 46.9. The van der Waals surface area contributed by atoms with E-state index in [1.165, 1.54) is 0 Å². The summed E-state index contributed by atoms with van der Waals surface area (Å²) in [6.07, 6.45) is 1.17. The molecule has 0 saturated carbocycles. The van der Waals surface area contributed by atoms with Gasteiger partial charge in [0.05, 0.1) is 171 Å². The van der Waals surface area contributed by atoms with E-state index in [-0.39, 0.29) is 37.0 Å². The molecule has 1 aliphatic heterocycles. The molecule has 0 spiro atoms. The molecule has 0 aliphatic carbocycles. The predicted molar refractivity (Wildman–Crippen MR) is 290 cm³/mol. The third-order valence-electron chi connectivity index (χ3n) is 10.9. The van der Waals surface area contributed by atoms with Gasteiger partial charge in [-0.3, -0.25) is 14.4 Å². The molecule has 0 radical (unpaired) electrons. The van der Waals surface area contributed by atoms with Gasteiger partial charge in [0.15, 0.2) is 0 Å². The number of rotatable bonds is 52. The molecule has 3 rings (SSSR count). The molecule has 0 unspecified atom stereocenters. The summed E-state index contributed by atoms with van der Waals surface area (Å²) in [6.45, 7) is 19.2. The molecule has 2 aromatic rings. The first-order chi connectivity index (χ1) is 37.9. The normalized spacial score (nSPS) is 12.1. The van der Waals surface area contributed by atoms with E-state index in [1.807, 2.05) is 69.3 Å². The first kappa shape index (κ1) is 67.3. The van der Waals surface area contributed by atoms with Crippen molar-refractivity contribution in [2.24, 2.45) is 0 Å². The lowest BCUT2D eigenvalue weighted by Crippen LogP contribution is -2.46. The zero-order valence-electron chi connectivity index (χ0n) is 46.2. The maximum Gasteiger partial charge on any atom is 0.500 e. The minimum absolute atomic E-state index is 0.0600. The Labute approximate surface area is 458 Å². The maximum absolute atomic E-state index is 13.3. The number of carbonyl (C=O) groups is 3. The summed E-state index contributed by atoms with van der Waals surface area (Å²) < 4.78 is 83.8. The Morgan fingerprint density at radius 2 is 0.805 bits per heavy atom. The Bertz CT molecular complexity index is 1860. The highest BCUT2D eigenvalue weighted by molar-refractivity contribution is 6.60. The van der Waals surface area contributed by atoms with Crippen molar-refractivity contribution in [1.29, 1.82) is 0 Å². The van der Waals surface area contributed by atoms with Gasteiger partial charge < -0.3 is 85.7 Å². The monoisotopic (exact) mass is 1110 g/mol.